The summed E-state index contributed by atoms with van der Waals surface area (Å²) in [6, 6.07) is 2.28. The van der Waals surface area contributed by atoms with E-state index in [1.54, 1.807) is 6.92 Å². The molecule has 0 saturated carbocycles. The van der Waals surface area contributed by atoms with E-state index in [0.717, 1.165) is 17.8 Å². The summed E-state index contributed by atoms with van der Waals surface area (Å²) in [5, 5.41) is 0.230. The van der Waals surface area contributed by atoms with E-state index < -0.39 is 11.6 Å². The summed E-state index contributed by atoms with van der Waals surface area (Å²) in [6.07, 6.45) is 1.43. The maximum Gasteiger partial charge on any atom is 0.260 e. The minimum Gasteiger partial charge on any atom is -0.439 e. The van der Waals surface area contributed by atoms with Gasteiger partial charge in [0.2, 0.25) is 0 Å². The van der Waals surface area contributed by atoms with Crippen molar-refractivity contribution in [3.05, 3.63) is 35.7 Å². The van der Waals surface area contributed by atoms with Gasteiger partial charge in [0.25, 0.3) is 5.22 Å². The molecule has 6 heteroatoms. The number of nitrogens with zero attached hydrogens (tertiary/aromatic N) is 1. The number of hydrogen-bond donors (Lipinski definition) is 1. The van der Waals surface area contributed by atoms with Crippen LogP contribution in [0.1, 0.15) is 5.69 Å². The number of oxazole rings is 1. The van der Waals surface area contributed by atoms with Crippen molar-refractivity contribution in [2.75, 3.05) is 5.73 Å². The van der Waals surface area contributed by atoms with Crippen molar-refractivity contribution in [1.82, 2.24) is 4.98 Å². The Bertz CT molecular complexity index is 528. The van der Waals surface area contributed by atoms with Crippen LogP contribution >= 0.6 is 11.8 Å². The monoisotopic (exact) mass is 242 g/mol. The minimum atomic E-state index is -0.985. The third-order valence-corrected chi connectivity index (χ3v) is 2.85. The third-order valence-electron chi connectivity index (χ3n) is 1.87. The first-order chi connectivity index (χ1) is 7.58. The summed E-state index contributed by atoms with van der Waals surface area (Å²) < 4.78 is 31.4. The molecule has 0 aliphatic rings. The summed E-state index contributed by atoms with van der Waals surface area (Å²) >= 11 is 0.858. The molecule has 0 unspecified atom stereocenters. The minimum absolute atomic E-state index is 0.0122. The fourth-order valence-electron chi connectivity index (χ4n) is 1.12. The molecule has 0 bridgehead atoms. The molecular weight excluding hydrogens is 234 g/mol. The summed E-state index contributed by atoms with van der Waals surface area (Å²) in [5.74, 6) is -1.93. The number of aromatic nitrogens is 1. The van der Waals surface area contributed by atoms with Gasteiger partial charge in [-0.2, -0.15) is 0 Å². The Labute approximate surface area is 94.7 Å². The largest absolute Gasteiger partial charge is 0.439 e. The lowest BCUT2D eigenvalue weighted by atomic mass is 10.3. The smallest absolute Gasteiger partial charge is 0.260 e. The van der Waals surface area contributed by atoms with Crippen LogP contribution in [0.2, 0.25) is 0 Å². The molecular formula is C10H8F2N2OS. The summed E-state index contributed by atoms with van der Waals surface area (Å²) in [6.45, 7) is 1.73. The van der Waals surface area contributed by atoms with Crippen molar-refractivity contribution in [2.45, 2.75) is 17.0 Å². The van der Waals surface area contributed by atoms with E-state index in [0.29, 0.717) is 5.69 Å². The zero-order valence-electron chi connectivity index (χ0n) is 8.33. The molecule has 0 radical (unpaired) electrons. The maximum atomic E-state index is 13.4. The Morgan fingerprint density at radius 2 is 2.12 bits per heavy atom. The topological polar surface area (TPSA) is 52.0 Å². The number of nitrogens with two attached hydrogens (primary N) is 1. The average molecular weight is 242 g/mol. The van der Waals surface area contributed by atoms with Gasteiger partial charge in [0.05, 0.1) is 10.6 Å². The second kappa shape index (κ2) is 4.13. The van der Waals surface area contributed by atoms with Crippen LogP contribution < -0.4 is 5.73 Å². The predicted molar refractivity (Wildman–Crippen MR) is 56.1 cm³/mol. The molecule has 1 aromatic carbocycles. The Hall–Kier alpha value is -1.56. The van der Waals surface area contributed by atoms with Crippen LogP contribution in [0.15, 0.2) is 32.9 Å². The third kappa shape index (κ3) is 2.01. The van der Waals surface area contributed by atoms with E-state index in [2.05, 4.69) is 4.98 Å². The zero-order chi connectivity index (χ0) is 11.7. The van der Waals surface area contributed by atoms with Gasteiger partial charge in [0, 0.05) is 5.69 Å². The zero-order valence-corrected chi connectivity index (χ0v) is 9.15. The van der Waals surface area contributed by atoms with Crippen LogP contribution in [0.4, 0.5) is 14.5 Å². The molecule has 2 N–H and O–H groups in total. The van der Waals surface area contributed by atoms with Gasteiger partial charge in [-0.1, -0.05) is 0 Å². The van der Waals surface area contributed by atoms with E-state index >= 15 is 0 Å². The average Bonchev–Trinajstić information content (AvgIpc) is 2.65. The lowest BCUT2D eigenvalue weighted by Crippen LogP contribution is -1.95. The summed E-state index contributed by atoms with van der Waals surface area (Å²) in [4.78, 5) is 3.96. The van der Waals surface area contributed by atoms with Crippen LogP contribution in [0.5, 0.6) is 0 Å². The molecule has 3 nitrogen and oxygen atoms in total. The molecule has 1 aromatic heterocycles. The van der Waals surface area contributed by atoms with Crippen LogP contribution in [0.3, 0.4) is 0 Å². The number of anilines is 1. The second-order valence-corrected chi connectivity index (χ2v) is 4.10. The second-order valence-electron chi connectivity index (χ2n) is 3.14. The highest BCUT2D eigenvalue weighted by atomic mass is 32.2. The van der Waals surface area contributed by atoms with E-state index in [9.17, 15) is 8.78 Å². The van der Waals surface area contributed by atoms with Crippen molar-refractivity contribution >= 4 is 17.4 Å². The molecule has 0 atom stereocenters. The molecule has 0 saturated heterocycles. The van der Waals surface area contributed by atoms with Gasteiger partial charge in [-0.25, -0.2) is 13.8 Å². The van der Waals surface area contributed by atoms with Crippen LogP contribution in [-0.2, 0) is 0 Å². The lowest BCUT2D eigenvalue weighted by Gasteiger charge is -2.04. The molecule has 16 heavy (non-hydrogen) atoms. The van der Waals surface area contributed by atoms with E-state index in [1.165, 1.54) is 12.3 Å². The Morgan fingerprint density at radius 1 is 1.38 bits per heavy atom. The lowest BCUT2D eigenvalue weighted by molar-refractivity contribution is 0.452. The molecule has 84 valence electrons. The quantitative estimate of drug-likeness (QED) is 0.822. The Morgan fingerprint density at radius 3 is 2.75 bits per heavy atom. The first-order valence-electron chi connectivity index (χ1n) is 4.41. The number of hydrogen-bond acceptors (Lipinski definition) is 4. The van der Waals surface area contributed by atoms with Crippen molar-refractivity contribution < 1.29 is 13.2 Å². The van der Waals surface area contributed by atoms with Gasteiger partial charge in [-0.15, -0.1) is 0 Å². The number of aryl methyl sites for hydroxylation is 1. The van der Waals surface area contributed by atoms with Gasteiger partial charge in [-0.3, -0.25) is 0 Å². The molecule has 0 aliphatic heterocycles. The number of rotatable bonds is 2. The molecule has 2 rings (SSSR count). The highest BCUT2D eigenvalue weighted by molar-refractivity contribution is 7.99. The van der Waals surface area contributed by atoms with Crippen LogP contribution in [0.25, 0.3) is 0 Å². The first-order valence-corrected chi connectivity index (χ1v) is 5.23. The summed E-state index contributed by atoms with van der Waals surface area (Å²) in [5.41, 5.74) is 6.37. The van der Waals surface area contributed by atoms with Crippen LogP contribution in [0, 0.1) is 18.6 Å². The normalized spacial score (nSPS) is 10.7. The van der Waals surface area contributed by atoms with Crippen molar-refractivity contribution in [3.8, 4) is 0 Å². The Kier molecular flexibility index (Phi) is 2.82. The van der Waals surface area contributed by atoms with Crippen molar-refractivity contribution in [3.63, 3.8) is 0 Å². The first kappa shape index (κ1) is 10.9. The van der Waals surface area contributed by atoms with E-state index in [-0.39, 0.29) is 15.8 Å². The fourth-order valence-corrected chi connectivity index (χ4v) is 1.95. The van der Waals surface area contributed by atoms with Gasteiger partial charge in [-0.05, 0) is 30.8 Å². The maximum absolute atomic E-state index is 13.4. The highest BCUT2D eigenvalue weighted by Gasteiger charge is 2.15. The summed E-state index contributed by atoms with van der Waals surface area (Å²) in [7, 11) is 0. The highest BCUT2D eigenvalue weighted by Crippen LogP contribution is 2.34. The molecule has 0 fully saturated rings. The number of nitrogen functional groups attached to an aromatic ring is 1. The molecule has 0 spiro atoms. The Balaban J connectivity index is 2.37. The number of benzene rings is 1. The number of halogens is 2. The van der Waals surface area contributed by atoms with Crippen LogP contribution in [-0.4, -0.2) is 4.98 Å². The van der Waals surface area contributed by atoms with Gasteiger partial charge in [0.15, 0.2) is 11.6 Å². The fraction of sp³-hybridized carbons (Fsp3) is 0.100. The standard InChI is InChI=1S/C10H8F2N2OS/c1-5-4-15-10(14-5)16-9-7(13)3-2-6(11)8(9)12/h2-4H,13H2,1H3. The molecule has 1 heterocycles. The SMILES string of the molecule is Cc1coc(Sc2c(N)ccc(F)c2F)n1. The predicted octanol–water partition coefficient (Wildman–Crippen LogP) is 2.99. The van der Waals surface area contributed by atoms with E-state index in [4.69, 9.17) is 10.2 Å². The van der Waals surface area contributed by atoms with Gasteiger partial charge >= 0.3 is 0 Å². The van der Waals surface area contributed by atoms with Gasteiger partial charge in [0.1, 0.15) is 6.26 Å². The van der Waals surface area contributed by atoms with E-state index in [1.807, 2.05) is 0 Å². The molecule has 2 aromatic rings. The molecule has 0 amide bonds. The van der Waals surface area contributed by atoms with Gasteiger partial charge < -0.3 is 10.2 Å². The molecule has 0 aliphatic carbocycles. The van der Waals surface area contributed by atoms with Crippen molar-refractivity contribution in [1.29, 1.82) is 0 Å². The van der Waals surface area contributed by atoms with Crippen molar-refractivity contribution in [2.24, 2.45) is 0 Å².